The number of benzene rings is 3. The van der Waals surface area contributed by atoms with E-state index in [-0.39, 0.29) is 5.41 Å². The van der Waals surface area contributed by atoms with Crippen LogP contribution < -0.4 is 0 Å². The Kier molecular flexibility index (Phi) is 2.72. The zero-order chi connectivity index (χ0) is 18.7. The number of aliphatic hydroxyl groups excluding tert-OH is 1. The SMILES string of the molecule is CN=C(C(O)c1c2ccccc2cc2ccccc12)C12CC3CC4CC(C1)C432. The van der Waals surface area contributed by atoms with Crippen LogP contribution in [0.1, 0.15) is 37.4 Å². The first-order valence-electron chi connectivity index (χ1n) is 10.8. The van der Waals surface area contributed by atoms with Crippen molar-refractivity contribution in [2.45, 2.75) is 31.8 Å². The number of aliphatic hydroxyl groups is 1. The lowest BCUT2D eigenvalue weighted by molar-refractivity contribution is -0.405. The van der Waals surface area contributed by atoms with Crippen molar-refractivity contribution in [3.8, 4) is 0 Å². The van der Waals surface area contributed by atoms with Crippen LogP contribution in [0.3, 0.4) is 0 Å². The lowest BCUT2D eigenvalue weighted by Gasteiger charge is -2.91. The maximum Gasteiger partial charge on any atom is 0.118 e. The summed E-state index contributed by atoms with van der Waals surface area (Å²) in [5, 5.41) is 16.5. The highest BCUT2D eigenvalue weighted by molar-refractivity contribution is 6.08. The predicted octanol–water partition coefficient (Wildman–Crippen LogP) is 5.53. The first kappa shape index (κ1) is 15.7. The van der Waals surface area contributed by atoms with Crippen molar-refractivity contribution in [3.05, 3.63) is 60.2 Å². The van der Waals surface area contributed by atoms with Gasteiger partial charge in [-0.3, -0.25) is 4.99 Å². The third-order valence-corrected chi connectivity index (χ3v) is 9.26. The van der Waals surface area contributed by atoms with E-state index in [9.17, 15) is 5.11 Å². The quantitative estimate of drug-likeness (QED) is 0.479. The molecule has 0 heterocycles. The monoisotopic (exact) mass is 367 g/mol. The van der Waals surface area contributed by atoms with Gasteiger partial charge in [0.25, 0.3) is 0 Å². The summed E-state index contributed by atoms with van der Waals surface area (Å²) in [5.41, 5.74) is 2.85. The lowest BCUT2D eigenvalue weighted by atomic mass is 9.12. The number of aliphatic imine (C=N–C) groups is 1. The molecule has 0 amide bonds. The number of rotatable bonds is 3. The van der Waals surface area contributed by atoms with Gasteiger partial charge < -0.3 is 5.11 Å². The molecule has 1 N–H and O–H groups in total. The van der Waals surface area contributed by atoms with Crippen LogP contribution in [0.4, 0.5) is 0 Å². The van der Waals surface area contributed by atoms with Crippen LogP contribution in [-0.4, -0.2) is 17.9 Å². The Bertz CT molecular complexity index is 1110. The molecule has 4 fully saturated rings. The summed E-state index contributed by atoms with van der Waals surface area (Å²) in [6, 6.07) is 19.2. The molecule has 3 unspecified atom stereocenters. The second-order valence-electron chi connectivity index (χ2n) is 9.73. The Morgan fingerprint density at radius 3 is 2.00 bits per heavy atom. The molecule has 0 radical (unpaired) electrons. The van der Waals surface area contributed by atoms with E-state index in [2.05, 4.69) is 54.6 Å². The normalized spacial score (nSPS) is 38.5. The molecule has 4 saturated carbocycles. The summed E-state index contributed by atoms with van der Waals surface area (Å²) in [6.45, 7) is 0. The maximum atomic E-state index is 11.8. The predicted molar refractivity (Wildman–Crippen MR) is 114 cm³/mol. The first-order valence-corrected chi connectivity index (χ1v) is 10.8. The van der Waals surface area contributed by atoms with Crippen LogP contribution in [0.5, 0.6) is 0 Å². The largest absolute Gasteiger partial charge is 0.382 e. The topological polar surface area (TPSA) is 32.6 Å². The molecule has 1 spiro atoms. The molecular weight excluding hydrogens is 342 g/mol. The third-order valence-electron chi connectivity index (χ3n) is 9.26. The van der Waals surface area contributed by atoms with E-state index in [1.165, 1.54) is 36.5 Å². The summed E-state index contributed by atoms with van der Waals surface area (Å²) in [5.74, 6) is 2.75. The summed E-state index contributed by atoms with van der Waals surface area (Å²) >= 11 is 0. The lowest BCUT2D eigenvalue weighted by Crippen LogP contribution is -2.87. The second kappa shape index (κ2) is 4.86. The average molecular weight is 367 g/mol. The molecule has 4 aliphatic rings. The molecule has 2 heteroatoms. The fourth-order valence-electron chi connectivity index (χ4n) is 8.44. The number of hydrogen-bond acceptors (Lipinski definition) is 2. The van der Waals surface area contributed by atoms with E-state index < -0.39 is 6.10 Å². The van der Waals surface area contributed by atoms with Crippen LogP contribution in [0, 0.1) is 28.6 Å². The van der Waals surface area contributed by atoms with Gasteiger partial charge in [-0.15, -0.1) is 0 Å². The second-order valence-corrected chi connectivity index (χ2v) is 9.73. The highest BCUT2D eigenvalue weighted by atomic mass is 16.3. The van der Waals surface area contributed by atoms with Crippen molar-refractivity contribution in [2.24, 2.45) is 33.6 Å². The molecule has 3 aromatic rings. The summed E-state index contributed by atoms with van der Waals surface area (Å²) in [7, 11) is 1.91. The van der Waals surface area contributed by atoms with Crippen LogP contribution in [0.15, 0.2) is 59.6 Å². The van der Waals surface area contributed by atoms with Gasteiger partial charge in [-0.2, -0.15) is 0 Å². The zero-order valence-corrected chi connectivity index (χ0v) is 16.2. The number of hydrogen-bond donors (Lipinski definition) is 1. The molecule has 0 bridgehead atoms. The highest BCUT2D eigenvalue weighted by Gasteiger charge is 2.88. The number of nitrogens with zero attached hydrogens (tertiary/aromatic N) is 1. The van der Waals surface area contributed by atoms with Gasteiger partial charge in [0.2, 0.25) is 0 Å². The van der Waals surface area contributed by atoms with E-state index in [1.807, 2.05) is 7.05 Å². The van der Waals surface area contributed by atoms with Gasteiger partial charge >= 0.3 is 0 Å². The van der Waals surface area contributed by atoms with Crippen LogP contribution in [0.25, 0.3) is 21.5 Å². The molecule has 0 saturated heterocycles. The van der Waals surface area contributed by atoms with Gasteiger partial charge in [0.05, 0.1) is 5.71 Å². The molecule has 3 aromatic carbocycles. The number of fused-ring (bicyclic) bond motifs is 2. The highest BCUT2D eigenvalue weighted by Crippen LogP contribution is 2.93. The van der Waals surface area contributed by atoms with Gasteiger partial charge in [-0.25, -0.2) is 0 Å². The van der Waals surface area contributed by atoms with Gasteiger partial charge in [-0.1, -0.05) is 48.5 Å². The molecule has 140 valence electrons. The molecule has 4 aliphatic carbocycles. The Morgan fingerprint density at radius 1 is 0.929 bits per heavy atom. The van der Waals surface area contributed by atoms with Gasteiger partial charge in [0.15, 0.2) is 0 Å². The van der Waals surface area contributed by atoms with Gasteiger partial charge in [0.1, 0.15) is 6.10 Å². The van der Waals surface area contributed by atoms with Crippen molar-refractivity contribution in [3.63, 3.8) is 0 Å². The Balaban J connectivity index is 1.43. The van der Waals surface area contributed by atoms with E-state index in [1.54, 1.807) is 0 Å². The minimum atomic E-state index is -0.612. The zero-order valence-electron chi connectivity index (χ0n) is 16.2. The van der Waals surface area contributed by atoms with E-state index >= 15 is 0 Å². The molecule has 2 nitrogen and oxygen atoms in total. The van der Waals surface area contributed by atoms with E-state index in [0.717, 1.165) is 39.8 Å². The maximum absolute atomic E-state index is 11.8. The third kappa shape index (κ3) is 1.44. The van der Waals surface area contributed by atoms with Crippen molar-refractivity contribution >= 4 is 27.3 Å². The molecule has 3 atom stereocenters. The minimum Gasteiger partial charge on any atom is -0.382 e. The van der Waals surface area contributed by atoms with Crippen LogP contribution in [0.2, 0.25) is 0 Å². The van der Waals surface area contributed by atoms with Crippen molar-refractivity contribution in [2.75, 3.05) is 7.05 Å². The molecular formula is C26H25NO. The van der Waals surface area contributed by atoms with Crippen LogP contribution >= 0.6 is 0 Å². The first-order chi connectivity index (χ1) is 13.7. The molecule has 28 heavy (non-hydrogen) atoms. The Hall–Kier alpha value is -2.19. The van der Waals surface area contributed by atoms with Crippen molar-refractivity contribution < 1.29 is 5.11 Å². The summed E-state index contributed by atoms with van der Waals surface area (Å²) < 4.78 is 0. The van der Waals surface area contributed by atoms with E-state index in [0.29, 0.717) is 5.41 Å². The summed E-state index contributed by atoms with van der Waals surface area (Å²) in [6.07, 6.45) is 4.77. The molecule has 0 aromatic heterocycles. The summed E-state index contributed by atoms with van der Waals surface area (Å²) in [4.78, 5) is 4.81. The minimum absolute atomic E-state index is 0.190. The average Bonchev–Trinajstić information content (AvgIpc) is 2.66. The van der Waals surface area contributed by atoms with Crippen molar-refractivity contribution in [1.29, 1.82) is 0 Å². The Labute approximate surface area is 165 Å². The van der Waals surface area contributed by atoms with Crippen LogP contribution in [-0.2, 0) is 0 Å². The molecule has 0 aliphatic heterocycles. The standard InChI is InChI=1S/C26H25NO/c1-27-24(25-13-18-11-17-12-19(14-25)26(17,18)25)23(28)22-20-8-4-2-6-15(20)10-16-7-3-5-9-21(16)22/h2-10,17-19,23,28H,11-14H2,1H3. The van der Waals surface area contributed by atoms with Gasteiger partial charge in [0, 0.05) is 18.0 Å². The fourth-order valence-corrected chi connectivity index (χ4v) is 8.44. The fraction of sp³-hybridized carbons (Fsp3) is 0.423. The molecule has 7 rings (SSSR count). The van der Waals surface area contributed by atoms with E-state index in [4.69, 9.17) is 4.99 Å². The van der Waals surface area contributed by atoms with Crippen molar-refractivity contribution in [1.82, 2.24) is 0 Å². The Morgan fingerprint density at radius 2 is 1.50 bits per heavy atom. The smallest absolute Gasteiger partial charge is 0.118 e. The van der Waals surface area contributed by atoms with Gasteiger partial charge in [-0.05, 0) is 76.5 Å².